The van der Waals surface area contributed by atoms with E-state index < -0.39 is 11.4 Å². The van der Waals surface area contributed by atoms with E-state index in [1.54, 1.807) is 0 Å². The van der Waals surface area contributed by atoms with E-state index in [1.165, 1.54) is 0 Å². The number of nitrogens with one attached hydrogen (secondary N) is 1. The Balaban J connectivity index is 2.24. The van der Waals surface area contributed by atoms with Crippen LogP contribution in [-0.4, -0.2) is 37.4 Å². The first-order valence-corrected chi connectivity index (χ1v) is 5.47. The third kappa shape index (κ3) is 1.92. The van der Waals surface area contributed by atoms with Crippen molar-refractivity contribution in [3.05, 3.63) is 11.6 Å². The van der Waals surface area contributed by atoms with Crippen molar-refractivity contribution in [2.24, 2.45) is 5.41 Å². The van der Waals surface area contributed by atoms with E-state index in [1.807, 2.05) is 6.08 Å². The van der Waals surface area contributed by atoms with Gasteiger partial charge in [-0.15, -0.1) is 0 Å². The van der Waals surface area contributed by atoms with Crippen molar-refractivity contribution in [2.75, 3.05) is 26.3 Å². The molecule has 0 saturated carbocycles. The van der Waals surface area contributed by atoms with Gasteiger partial charge >= 0.3 is 5.97 Å². The fourth-order valence-corrected chi connectivity index (χ4v) is 2.45. The number of carbonyl (C=O) groups is 1. The van der Waals surface area contributed by atoms with Crippen LogP contribution in [0.5, 0.6) is 0 Å². The average Bonchev–Trinajstić information content (AvgIpc) is 2.31. The highest BCUT2D eigenvalue weighted by molar-refractivity contribution is 5.79. The lowest BCUT2D eigenvalue weighted by Gasteiger charge is -2.36. The Morgan fingerprint density at radius 3 is 2.73 bits per heavy atom. The Bertz CT molecular complexity index is 280. The molecule has 0 aromatic heterocycles. The normalized spacial score (nSPS) is 25.7. The number of hydrogen-bond donors (Lipinski definition) is 2. The van der Waals surface area contributed by atoms with Crippen molar-refractivity contribution in [2.45, 2.75) is 19.3 Å². The molecule has 0 spiro atoms. The molecule has 0 amide bonds. The van der Waals surface area contributed by atoms with Gasteiger partial charge in [0, 0.05) is 19.8 Å². The monoisotopic (exact) mass is 211 g/mol. The van der Waals surface area contributed by atoms with E-state index >= 15 is 0 Å². The van der Waals surface area contributed by atoms with Crippen molar-refractivity contribution in [1.29, 1.82) is 0 Å². The molecule has 0 aromatic carbocycles. The summed E-state index contributed by atoms with van der Waals surface area (Å²) in [6.07, 6.45) is 4.14. The smallest absolute Gasteiger partial charge is 0.313 e. The highest BCUT2D eigenvalue weighted by Crippen LogP contribution is 2.40. The van der Waals surface area contributed by atoms with Crippen molar-refractivity contribution in [3.63, 3.8) is 0 Å². The van der Waals surface area contributed by atoms with E-state index in [4.69, 9.17) is 4.74 Å². The Kier molecular flexibility index (Phi) is 3.07. The molecule has 84 valence electrons. The summed E-state index contributed by atoms with van der Waals surface area (Å²) in [5.41, 5.74) is 0.456. The summed E-state index contributed by atoms with van der Waals surface area (Å²) in [5, 5.41) is 12.6. The van der Waals surface area contributed by atoms with E-state index in [2.05, 4.69) is 5.32 Å². The lowest BCUT2D eigenvalue weighted by atomic mass is 9.72. The molecule has 0 bridgehead atoms. The van der Waals surface area contributed by atoms with Gasteiger partial charge in [0.1, 0.15) is 0 Å². The highest BCUT2D eigenvalue weighted by atomic mass is 16.5. The van der Waals surface area contributed by atoms with Crippen LogP contribution in [0.3, 0.4) is 0 Å². The fraction of sp³-hybridized carbons (Fsp3) is 0.727. The van der Waals surface area contributed by atoms with Crippen LogP contribution in [0.25, 0.3) is 0 Å². The first-order valence-electron chi connectivity index (χ1n) is 5.47. The van der Waals surface area contributed by atoms with Crippen LogP contribution in [0.1, 0.15) is 19.3 Å². The molecule has 0 unspecified atom stereocenters. The number of aliphatic carboxylic acids is 1. The van der Waals surface area contributed by atoms with Gasteiger partial charge in [0.05, 0.1) is 5.41 Å². The number of hydrogen-bond acceptors (Lipinski definition) is 3. The molecule has 4 heteroatoms. The zero-order valence-corrected chi connectivity index (χ0v) is 8.79. The van der Waals surface area contributed by atoms with Crippen molar-refractivity contribution < 1.29 is 14.6 Å². The molecule has 2 N–H and O–H groups in total. The Labute approximate surface area is 89.3 Å². The third-order valence-corrected chi connectivity index (χ3v) is 3.43. The summed E-state index contributed by atoms with van der Waals surface area (Å²) < 4.78 is 5.26. The van der Waals surface area contributed by atoms with Gasteiger partial charge in [-0.3, -0.25) is 4.79 Å². The van der Waals surface area contributed by atoms with Gasteiger partial charge in [0.25, 0.3) is 0 Å². The van der Waals surface area contributed by atoms with Gasteiger partial charge < -0.3 is 15.2 Å². The minimum Gasteiger partial charge on any atom is -0.481 e. The predicted octanol–water partition coefficient (Wildman–Crippen LogP) is 0.787. The second-order valence-electron chi connectivity index (χ2n) is 4.18. The summed E-state index contributed by atoms with van der Waals surface area (Å²) in [7, 11) is 0. The highest BCUT2D eigenvalue weighted by Gasteiger charge is 2.43. The van der Waals surface area contributed by atoms with Crippen LogP contribution in [0, 0.1) is 5.41 Å². The van der Waals surface area contributed by atoms with E-state index in [-0.39, 0.29) is 0 Å². The zero-order valence-electron chi connectivity index (χ0n) is 8.79. The first kappa shape index (κ1) is 10.6. The summed E-state index contributed by atoms with van der Waals surface area (Å²) >= 11 is 0. The van der Waals surface area contributed by atoms with Crippen LogP contribution >= 0.6 is 0 Å². The van der Waals surface area contributed by atoms with Crippen molar-refractivity contribution >= 4 is 5.97 Å². The van der Waals surface area contributed by atoms with Gasteiger partial charge in [-0.25, -0.2) is 0 Å². The third-order valence-electron chi connectivity index (χ3n) is 3.43. The molecular weight excluding hydrogens is 194 g/mol. The molecule has 4 nitrogen and oxygen atoms in total. The Morgan fingerprint density at radius 1 is 1.47 bits per heavy atom. The Morgan fingerprint density at radius 2 is 2.20 bits per heavy atom. The van der Waals surface area contributed by atoms with Gasteiger partial charge in [-0.2, -0.15) is 0 Å². The molecule has 0 aliphatic carbocycles. The van der Waals surface area contributed by atoms with E-state index in [9.17, 15) is 9.90 Å². The Hall–Kier alpha value is -0.870. The lowest BCUT2D eigenvalue weighted by molar-refractivity contribution is -0.151. The molecule has 2 rings (SSSR count). The summed E-state index contributed by atoms with van der Waals surface area (Å²) in [5.74, 6) is -0.682. The lowest BCUT2D eigenvalue weighted by Crippen LogP contribution is -2.41. The number of carboxylic acid groups (broad SMARTS) is 1. The molecule has 2 aliphatic rings. The molecular formula is C11H17NO3. The molecule has 1 saturated heterocycles. The van der Waals surface area contributed by atoms with E-state index in [0.717, 1.165) is 25.1 Å². The van der Waals surface area contributed by atoms with Crippen LogP contribution in [0.15, 0.2) is 11.6 Å². The van der Waals surface area contributed by atoms with Crippen LogP contribution in [-0.2, 0) is 9.53 Å². The molecule has 0 atom stereocenters. The maximum absolute atomic E-state index is 11.5. The minimum absolute atomic E-state index is 0.567. The van der Waals surface area contributed by atoms with Crippen LogP contribution in [0.2, 0.25) is 0 Å². The average molecular weight is 211 g/mol. The molecule has 15 heavy (non-hydrogen) atoms. The number of carboxylic acids is 1. The molecule has 1 fully saturated rings. The maximum atomic E-state index is 11.5. The quantitative estimate of drug-likeness (QED) is 0.663. The van der Waals surface area contributed by atoms with Gasteiger partial charge in [0.15, 0.2) is 0 Å². The minimum atomic E-state index is -0.682. The van der Waals surface area contributed by atoms with Crippen LogP contribution < -0.4 is 5.32 Å². The fourth-order valence-electron chi connectivity index (χ4n) is 2.45. The zero-order chi connectivity index (χ0) is 10.7. The molecule has 0 aromatic rings. The van der Waals surface area contributed by atoms with Gasteiger partial charge in [-0.05, 0) is 25.8 Å². The summed E-state index contributed by atoms with van der Waals surface area (Å²) in [6, 6.07) is 0. The van der Waals surface area contributed by atoms with Crippen molar-refractivity contribution in [3.8, 4) is 0 Å². The number of rotatable bonds is 2. The summed E-state index contributed by atoms with van der Waals surface area (Å²) in [4.78, 5) is 11.5. The standard InChI is InChI=1S/C11H17NO3/c13-10(14)11(3-7-15-8-4-11)9-1-5-12-6-2-9/h1,12H,2-8H2,(H,13,14). The predicted molar refractivity (Wildman–Crippen MR) is 55.7 cm³/mol. The van der Waals surface area contributed by atoms with Gasteiger partial charge in [0.2, 0.25) is 0 Å². The topological polar surface area (TPSA) is 58.6 Å². The second kappa shape index (κ2) is 4.33. The van der Waals surface area contributed by atoms with Gasteiger partial charge in [-0.1, -0.05) is 11.6 Å². The van der Waals surface area contributed by atoms with Crippen LogP contribution in [0.4, 0.5) is 0 Å². The summed E-state index contributed by atoms with van der Waals surface area (Å²) in [6.45, 7) is 2.82. The SMILES string of the molecule is O=C(O)C1(C2=CCNCC2)CCOCC1. The maximum Gasteiger partial charge on any atom is 0.313 e. The molecule has 2 aliphatic heterocycles. The van der Waals surface area contributed by atoms with E-state index in [0.29, 0.717) is 26.1 Å². The molecule has 2 heterocycles. The second-order valence-corrected chi connectivity index (χ2v) is 4.18. The first-order chi connectivity index (χ1) is 7.26. The largest absolute Gasteiger partial charge is 0.481 e. The molecule has 0 radical (unpaired) electrons. The number of ether oxygens (including phenoxy) is 1. The van der Waals surface area contributed by atoms with Crippen molar-refractivity contribution in [1.82, 2.24) is 5.32 Å².